The fraction of sp³-hybridized carbons (Fsp3) is 0.385. The first-order valence-corrected chi connectivity index (χ1v) is 8.76. The van der Waals surface area contributed by atoms with Crippen LogP contribution >= 0.6 is 31.9 Å². The molecule has 1 aromatic rings. The molecule has 0 aliphatic rings. The van der Waals surface area contributed by atoms with Crippen LogP contribution in [0.2, 0.25) is 0 Å². The lowest BCUT2D eigenvalue weighted by atomic mass is 10.2. The predicted octanol–water partition coefficient (Wildman–Crippen LogP) is 3.55. The summed E-state index contributed by atoms with van der Waals surface area (Å²) >= 11 is 6.66. The van der Waals surface area contributed by atoms with Gasteiger partial charge in [-0.25, -0.2) is 8.42 Å². The van der Waals surface area contributed by atoms with Crippen molar-refractivity contribution in [3.63, 3.8) is 0 Å². The largest absolute Gasteiger partial charge is 0.245 e. The van der Waals surface area contributed by atoms with Crippen molar-refractivity contribution >= 4 is 41.9 Å². The number of hydrogen-bond acceptors (Lipinski definition) is 2. The molecule has 0 atom stereocenters. The van der Waals surface area contributed by atoms with Gasteiger partial charge in [0.2, 0.25) is 10.0 Å². The van der Waals surface area contributed by atoms with Crippen LogP contribution in [0.4, 0.5) is 0 Å². The van der Waals surface area contributed by atoms with Gasteiger partial charge < -0.3 is 0 Å². The minimum Gasteiger partial charge on any atom is -0.207 e. The Labute approximate surface area is 131 Å². The third-order valence-corrected chi connectivity index (χ3v) is 6.23. The van der Waals surface area contributed by atoms with Crippen molar-refractivity contribution in [2.45, 2.75) is 25.2 Å². The van der Waals surface area contributed by atoms with E-state index in [1.54, 1.807) is 12.1 Å². The van der Waals surface area contributed by atoms with E-state index < -0.39 is 10.0 Å². The van der Waals surface area contributed by atoms with Crippen molar-refractivity contribution in [3.05, 3.63) is 26.6 Å². The van der Waals surface area contributed by atoms with Crippen molar-refractivity contribution in [1.29, 1.82) is 0 Å². The van der Waals surface area contributed by atoms with E-state index in [1.165, 1.54) is 4.31 Å². The lowest BCUT2D eigenvalue weighted by Crippen LogP contribution is -2.32. The Balaban J connectivity index is 3.33. The molecule has 0 unspecified atom stereocenters. The number of sulfonamides is 1. The van der Waals surface area contributed by atoms with Crippen molar-refractivity contribution < 1.29 is 8.42 Å². The Morgan fingerprint density at radius 3 is 2.47 bits per heavy atom. The van der Waals surface area contributed by atoms with E-state index in [0.717, 1.165) is 10.0 Å². The topological polar surface area (TPSA) is 37.4 Å². The van der Waals surface area contributed by atoms with Gasteiger partial charge in [0.1, 0.15) is 0 Å². The Morgan fingerprint density at radius 1 is 1.32 bits per heavy atom. The minimum atomic E-state index is -3.58. The molecule has 1 aromatic carbocycles. The Hall–Kier alpha value is -0.350. The lowest BCUT2D eigenvalue weighted by molar-refractivity contribution is 0.445. The van der Waals surface area contributed by atoms with Gasteiger partial charge >= 0.3 is 0 Å². The Morgan fingerprint density at radius 2 is 1.95 bits per heavy atom. The Kier molecular flexibility index (Phi) is 6.06. The van der Waals surface area contributed by atoms with Gasteiger partial charge in [-0.05, 0) is 47.0 Å². The molecule has 104 valence electrons. The van der Waals surface area contributed by atoms with Gasteiger partial charge in [-0.1, -0.05) is 28.8 Å². The summed E-state index contributed by atoms with van der Waals surface area (Å²) < 4.78 is 27.8. The average molecular weight is 409 g/mol. The van der Waals surface area contributed by atoms with Gasteiger partial charge in [0.15, 0.2) is 0 Å². The van der Waals surface area contributed by atoms with Gasteiger partial charge in [0.25, 0.3) is 0 Å². The second-order valence-corrected chi connectivity index (χ2v) is 7.69. The van der Waals surface area contributed by atoms with Crippen LogP contribution in [0.3, 0.4) is 0 Å². The normalized spacial score (nSPS) is 11.6. The first-order valence-electron chi connectivity index (χ1n) is 5.73. The van der Waals surface area contributed by atoms with Crippen LogP contribution in [-0.2, 0) is 10.0 Å². The molecule has 3 nitrogen and oxygen atoms in total. The summed E-state index contributed by atoms with van der Waals surface area (Å²) in [5.41, 5.74) is 0.963. The molecule has 0 N–H and O–H groups in total. The van der Waals surface area contributed by atoms with Gasteiger partial charge in [-0.3, -0.25) is 0 Å². The molecule has 0 aromatic heterocycles. The van der Waals surface area contributed by atoms with Crippen LogP contribution < -0.4 is 0 Å². The van der Waals surface area contributed by atoms with Crippen LogP contribution in [0, 0.1) is 19.3 Å². The molecule has 0 fully saturated rings. The zero-order valence-corrected chi connectivity index (χ0v) is 14.8. The molecular formula is C13H15Br2NO2S. The van der Waals surface area contributed by atoms with Gasteiger partial charge in [0, 0.05) is 15.5 Å². The monoisotopic (exact) mass is 407 g/mol. The fourth-order valence-corrected chi connectivity index (χ4v) is 4.68. The first kappa shape index (κ1) is 16.7. The summed E-state index contributed by atoms with van der Waals surface area (Å²) in [7, 11) is -3.58. The number of hydrogen-bond donors (Lipinski definition) is 0. The number of halogens is 2. The van der Waals surface area contributed by atoms with Crippen LogP contribution in [0.25, 0.3) is 0 Å². The number of benzene rings is 1. The molecule has 0 spiro atoms. The summed E-state index contributed by atoms with van der Waals surface area (Å²) in [6.45, 7) is 4.30. The summed E-state index contributed by atoms with van der Waals surface area (Å²) in [5.74, 6) is 2.39. The van der Waals surface area contributed by atoms with E-state index in [0.29, 0.717) is 17.4 Å². The average Bonchev–Trinajstić information content (AvgIpc) is 2.33. The maximum Gasteiger partial charge on any atom is 0.245 e. The van der Waals surface area contributed by atoms with E-state index in [-0.39, 0.29) is 11.4 Å². The number of rotatable bonds is 5. The summed E-state index contributed by atoms with van der Waals surface area (Å²) in [6, 6.07) is 3.38. The third-order valence-electron chi connectivity index (χ3n) is 2.57. The summed E-state index contributed by atoms with van der Waals surface area (Å²) in [6.07, 6.45) is 5.96. The molecular weight excluding hydrogens is 394 g/mol. The molecule has 0 saturated carbocycles. The molecule has 0 saturated heterocycles. The van der Waals surface area contributed by atoms with Crippen LogP contribution in [0.5, 0.6) is 0 Å². The van der Waals surface area contributed by atoms with E-state index in [2.05, 4.69) is 37.8 Å². The minimum absolute atomic E-state index is 0.0775. The smallest absolute Gasteiger partial charge is 0.207 e. The molecule has 0 aliphatic carbocycles. The standard InChI is InChI=1S/C13H15Br2NO2S/c1-4-6-16(7-5-2)19(17,18)13-9-11(14)10(3)8-12(13)15/h1,8-9H,5-7H2,2-3H3. The second-order valence-electron chi connectivity index (χ2n) is 4.07. The van der Waals surface area contributed by atoms with Gasteiger partial charge in [-0.2, -0.15) is 4.31 Å². The van der Waals surface area contributed by atoms with Gasteiger partial charge in [0.05, 0.1) is 11.4 Å². The highest BCUT2D eigenvalue weighted by Gasteiger charge is 2.26. The first-order chi connectivity index (χ1) is 8.84. The molecule has 0 heterocycles. The molecule has 0 amide bonds. The summed E-state index contributed by atoms with van der Waals surface area (Å²) in [4.78, 5) is 0.230. The quantitative estimate of drug-likeness (QED) is 0.698. The molecule has 0 radical (unpaired) electrons. The van der Waals surface area contributed by atoms with E-state index in [4.69, 9.17) is 6.42 Å². The third kappa shape index (κ3) is 3.82. The number of terminal acetylenes is 1. The zero-order valence-electron chi connectivity index (χ0n) is 10.8. The highest BCUT2D eigenvalue weighted by atomic mass is 79.9. The predicted molar refractivity (Wildman–Crippen MR) is 84.5 cm³/mol. The van der Waals surface area contributed by atoms with Crippen LogP contribution in [0.15, 0.2) is 26.0 Å². The molecule has 0 bridgehead atoms. The molecule has 0 aliphatic heterocycles. The lowest BCUT2D eigenvalue weighted by Gasteiger charge is -2.20. The van der Waals surface area contributed by atoms with Crippen LogP contribution in [0.1, 0.15) is 18.9 Å². The summed E-state index contributed by atoms with van der Waals surface area (Å²) in [5, 5.41) is 0. The van der Waals surface area contributed by atoms with E-state index in [1.807, 2.05) is 13.8 Å². The Bertz CT molecular complexity index is 606. The van der Waals surface area contributed by atoms with Crippen molar-refractivity contribution in [2.75, 3.05) is 13.1 Å². The highest BCUT2D eigenvalue weighted by Crippen LogP contribution is 2.30. The van der Waals surface area contributed by atoms with Crippen LogP contribution in [-0.4, -0.2) is 25.8 Å². The highest BCUT2D eigenvalue weighted by molar-refractivity contribution is 9.11. The van der Waals surface area contributed by atoms with Crippen molar-refractivity contribution in [1.82, 2.24) is 4.31 Å². The zero-order chi connectivity index (χ0) is 14.6. The SMILES string of the molecule is C#CCN(CCC)S(=O)(=O)c1cc(Br)c(C)cc1Br. The van der Waals surface area contributed by atoms with Crippen molar-refractivity contribution in [3.8, 4) is 12.3 Å². The molecule has 19 heavy (non-hydrogen) atoms. The number of nitrogens with zero attached hydrogens (tertiary/aromatic N) is 1. The second kappa shape index (κ2) is 6.89. The molecule has 1 rings (SSSR count). The fourth-order valence-electron chi connectivity index (χ4n) is 1.60. The molecule has 6 heteroatoms. The van der Waals surface area contributed by atoms with Gasteiger partial charge in [-0.15, -0.1) is 6.42 Å². The number of aryl methyl sites for hydroxylation is 1. The van der Waals surface area contributed by atoms with Crippen molar-refractivity contribution in [2.24, 2.45) is 0 Å². The van der Waals surface area contributed by atoms with E-state index >= 15 is 0 Å². The maximum absolute atomic E-state index is 12.6. The van der Waals surface area contributed by atoms with E-state index in [9.17, 15) is 8.42 Å². The maximum atomic E-state index is 12.6.